The van der Waals surface area contributed by atoms with Gasteiger partial charge in [0.2, 0.25) is 11.8 Å². The van der Waals surface area contributed by atoms with Gasteiger partial charge >= 0.3 is 0 Å². The molecule has 1 saturated heterocycles. The fourth-order valence-corrected chi connectivity index (χ4v) is 4.72. The number of nitrogens with zero attached hydrogens (tertiary/aromatic N) is 6. The molecule has 1 unspecified atom stereocenters. The van der Waals surface area contributed by atoms with Gasteiger partial charge in [0.1, 0.15) is 28.6 Å². The second kappa shape index (κ2) is 9.18. The van der Waals surface area contributed by atoms with Crippen LogP contribution in [0.15, 0.2) is 46.3 Å². The number of hydrogen-bond acceptors (Lipinski definition) is 9. The minimum atomic E-state index is 0.361. The van der Waals surface area contributed by atoms with E-state index in [1.807, 2.05) is 43.7 Å². The summed E-state index contributed by atoms with van der Waals surface area (Å²) in [7, 11) is 3.25. The molecule has 6 rings (SSSR count). The Labute approximate surface area is 208 Å². The lowest BCUT2D eigenvalue weighted by atomic mass is 9.99. The molecular formula is C26H28N6O4. The van der Waals surface area contributed by atoms with E-state index in [0.717, 1.165) is 54.4 Å². The van der Waals surface area contributed by atoms with Gasteiger partial charge in [-0.05, 0) is 31.4 Å². The molecule has 10 nitrogen and oxygen atoms in total. The zero-order chi connectivity index (χ0) is 24.6. The second-order valence-corrected chi connectivity index (χ2v) is 9.24. The van der Waals surface area contributed by atoms with Crippen molar-refractivity contribution in [1.82, 2.24) is 19.6 Å². The van der Waals surface area contributed by atoms with Crippen LogP contribution in [0.4, 0.5) is 5.95 Å². The summed E-state index contributed by atoms with van der Waals surface area (Å²) in [5.74, 6) is 4.66. The van der Waals surface area contributed by atoms with E-state index < -0.39 is 0 Å². The lowest BCUT2D eigenvalue weighted by Gasteiger charge is -2.32. The molecular weight excluding hydrogens is 460 g/mol. The number of benzene rings is 1. The summed E-state index contributed by atoms with van der Waals surface area (Å²) in [6, 6.07) is 5.75. The monoisotopic (exact) mass is 488 g/mol. The van der Waals surface area contributed by atoms with Gasteiger partial charge in [0.25, 0.3) is 0 Å². The van der Waals surface area contributed by atoms with Gasteiger partial charge in [0, 0.05) is 43.5 Å². The first-order valence-electron chi connectivity index (χ1n) is 12.1. The molecule has 36 heavy (non-hydrogen) atoms. The van der Waals surface area contributed by atoms with E-state index in [9.17, 15) is 0 Å². The molecule has 0 amide bonds. The predicted molar refractivity (Wildman–Crippen MR) is 135 cm³/mol. The van der Waals surface area contributed by atoms with Crippen LogP contribution in [0.3, 0.4) is 0 Å². The molecule has 0 N–H and O–H groups in total. The van der Waals surface area contributed by atoms with Crippen molar-refractivity contribution in [2.75, 3.05) is 38.8 Å². The van der Waals surface area contributed by atoms with Gasteiger partial charge in [-0.1, -0.05) is 0 Å². The highest BCUT2D eigenvalue weighted by Gasteiger charge is 2.24. The van der Waals surface area contributed by atoms with Crippen molar-refractivity contribution in [3.8, 4) is 23.0 Å². The van der Waals surface area contributed by atoms with Crippen molar-refractivity contribution in [3.05, 3.63) is 48.2 Å². The smallest absolute Gasteiger partial charge is 0.225 e. The van der Waals surface area contributed by atoms with E-state index in [4.69, 9.17) is 18.6 Å². The van der Waals surface area contributed by atoms with Crippen LogP contribution in [0.1, 0.15) is 24.2 Å². The van der Waals surface area contributed by atoms with E-state index in [0.29, 0.717) is 47.6 Å². The standard InChI is InChI=1S/C26H28N6O4/c1-16-11-27-26(28-12-16)31-6-4-5-17(13-31)15-35-21-7-18(33-2)8-22-19(21)9-23(36-22)20-14-32-24(29-20)10-25(30-32)34-3/h7-9,11-12,14,17H,4-6,10,13,15H2,1-3H3. The van der Waals surface area contributed by atoms with Crippen LogP contribution in [0.5, 0.6) is 11.5 Å². The molecule has 0 saturated carbocycles. The SMILES string of the molecule is COC1=Nn2cc(-c3cc4c(OCC5CCCN(c6ncc(C)cn6)C5)cc(OC)cc4o3)nc2C1. The van der Waals surface area contributed by atoms with Gasteiger partial charge < -0.3 is 23.5 Å². The molecule has 0 spiro atoms. The van der Waals surface area contributed by atoms with E-state index >= 15 is 0 Å². The van der Waals surface area contributed by atoms with E-state index in [1.165, 1.54) is 0 Å². The third kappa shape index (κ3) is 4.23. The van der Waals surface area contributed by atoms with Gasteiger partial charge in [-0.15, -0.1) is 5.10 Å². The zero-order valence-corrected chi connectivity index (χ0v) is 20.6. The van der Waals surface area contributed by atoms with Crippen LogP contribution < -0.4 is 14.4 Å². The number of fused-ring (bicyclic) bond motifs is 2. The van der Waals surface area contributed by atoms with Crippen LogP contribution >= 0.6 is 0 Å². The maximum Gasteiger partial charge on any atom is 0.225 e. The number of methoxy groups -OCH3 is 2. The Balaban J connectivity index is 1.22. The largest absolute Gasteiger partial charge is 0.496 e. The molecule has 3 aromatic heterocycles. The first-order valence-corrected chi connectivity index (χ1v) is 12.1. The predicted octanol–water partition coefficient (Wildman–Crippen LogP) is 4.06. The van der Waals surface area contributed by atoms with Crippen LogP contribution in [-0.2, 0) is 11.2 Å². The highest BCUT2D eigenvalue weighted by molar-refractivity contribution is 5.89. The van der Waals surface area contributed by atoms with Gasteiger partial charge in [-0.3, -0.25) is 0 Å². The molecule has 10 heteroatoms. The summed E-state index contributed by atoms with van der Waals surface area (Å²) in [5, 5.41) is 5.26. The Kier molecular flexibility index (Phi) is 5.71. The number of aryl methyl sites for hydroxylation is 1. The molecule has 5 heterocycles. The van der Waals surface area contributed by atoms with Crippen molar-refractivity contribution in [1.29, 1.82) is 0 Å². The summed E-state index contributed by atoms with van der Waals surface area (Å²) < 4.78 is 25.0. The highest BCUT2D eigenvalue weighted by Crippen LogP contribution is 2.37. The van der Waals surface area contributed by atoms with Gasteiger partial charge in [-0.2, -0.15) is 0 Å². The normalized spacial score (nSPS) is 17.2. The van der Waals surface area contributed by atoms with Crippen LogP contribution in [0.2, 0.25) is 0 Å². The Hall–Kier alpha value is -4.08. The maximum absolute atomic E-state index is 6.37. The van der Waals surface area contributed by atoms with Crippen molar-refractivity contribution in [2.45, 2.75) is 26.2 Å². The summed E-state index contributed by atoms with van der Waals surface area (Å²) in [6.45, 7) is 4.39. The first kappa shape index (κ1) is 22.4. The molecule has 4 aromatic rings. The van der Waals surface area contributed by atoms with Gasteiger partial charge in [-0.25, -0.2) is 19.6 Å². The molecule has 0 radical (unpaired) electrons. The molecule has 2 aliphatic rings. The Morgan fingerprint density at radius 2 is 1.97 bits per heavy atom. The fraction of sp³-hybridized carbons (Fsp3) is 0.385. The summed E-state index contributed by atoms with van der Waals surface area (Å²) in [5.41, 5.74) is 2.46. The average molecular weight is 489 g/mol. The summed E-state index contributed by atoms with van der Waals surface area (Å²) in [6.07, 6.45) is 8.31. The Morgan fingerprint density at radius 3 is 2.75 bits per heavy atom. The van der Waals surface area contributed by atoms with Crippen molar-refractivity contribution >= 4 is 22.8 Å². The lowest BCUT2D eigenvalue weighted by Crippen LogP contribution is -2.38. The number of rotatable bonds is 6. The minimum absolute atomic E-state index is 0.361. The van der Waals surface area contributed by atoms with E-state index in [2.05, 4.69) is 25.0 Å². The van der Waals surface area contributed by atoms with Gasteiger partial charge in [0.05, 0.1) is 38.8 Å². The van der Waals surface area contributed by atoms with E-state index in [1.54, 1.807) is 18.9 Å². The highest BCUT2D eigenvalue weighted by atomic mass is 16.5. The first-order chi connectivity index (χ1) is 17.6. The van der Waals surface area contributed by atoms with Crippen molar-refractivity contribution in [3.63, 3.8) is 0 Å². The van der Waals surface area contributed by atoms with Crippen molar-refractivity contribution in [2.24, 2.45) is 11.0 Å². The fourth-order valence-electron chi connectivity index (χ4n) is 4.72. The number of furan rings is 1. The second-order valence-electron chi connectivity index (χ2n) is 9.24. The van der Waals surface area contributed by atoms with Crippen molar-refractivity contribution < 1.29 is 18.6 Å². The molecule has 186 valence electrons. The minimum Gasteiger partial charge on any atom is -0.496 e. The van der Waals surface area contributed by atoms with Crippen LogP contribution in [0, 0.1) is 12.8 Å². The third-order valence-corrected chi connectivity index (χ3v) is 6.63. The molecule has 1 atom stereocenters. The number of hydrogen-bond donors (Lipinski definition) is 0. The quantitative estimate of drug-likeness (QED) is 0.401. The average Bonchev–Trinajstić information content (AvgIpc) is 3.60. The Morgan fingerprint density at radius 1 is 1.11 bits per heavy atom. The number of anilines is 1. The number of aromatic nitrogens is 4. The molecule has 0 aliphatic carbocycles. The summed E-state index contributed by atoms with van der Waals surface area (Å²) in [4.78, 5) is 15.9. The van der Waals surface area contributed by atoms with Crippen LogP contribution in [-0.4, -0.2) is 59.4 Å². The van der Waals surface area contributed by atoms with Crippen LogP contribution in [0.25, 0.3) is 22.4 Å². The molecule has 1 fully saturated rings. The third-order valence-electron chi connectivity index (χ3n) is 6.63. The lowest BCUT2D eigenvalue weighted by molar-refractivity contribution is 0.229. The van der Waals surface area contributed by atoms with E-state index in [-0.39, 0.29) is 0 Å². The topological polar surface area (TPSA) is 100 Å². The number of ether oxygens (including phenoxy) is 3. The zero-order valence-electron chi connectivity index (χ0n) is 20.6. The molecule has 0 bridgehead atoms. The maximum atomic E-state index is 6.37. The molecule has 1 aromatic carbocycles. The number of imidazole rings is 1. The number of piperidine rings is 1. The summed E-state index contributed by atoms with van der Waals surface area (Å²) >= 11 is 0. The Bertz CT molecular complexity index is 1420. The molecule has 2 aliphatic heterocycles. The van der Waals surface area contributed by atoms with Gasteiger partial charge in [0.15, 0.2) is 5.76 Å².